The second-order valence-electron chi connectivity index (χ2n) is 17.6. The van der Waals surface area contributed by atoms with Crippen LogP contribution in [0.4, 0.5) is 11.4 Å². The Balaban J connectivity index is 0.832. The maximum atomic E-state index is 14.5. The minimum Gasteiger partial charge on any atom is -0.507 e. The number of imide groups is 1. The zero-order chi connectivity index (χ0) is 42.2. The van der Waals surface area contributed by atoms with Crippen LogP contribution in [0.15, 0.2) is 91.1 Å². The minimum atomic E-state index is -0.248. The van der Waals surface area contributed by atoms with Crippen LogP contribution in [0.1, 0.15) is 74.8 Å². The molecular formula is C49H61N7O5. The van der Waals surface area contributed by atoms with Crippen LogP contribution in [-0.4, -0.2) is 115 Å². The molecule has 322 valence electrons. The third kappa shape index (κ3) is 10.1. The van der Waals surface area contributed by atoms with Crippen LogP contribution in [0.5, 0.6) is 5.75 Å². The molecule has 3 amide bonds. The first-order valence-electron chi connectivity index (χ1n) is 22.4. The molecule has 1 aromatic heterocycles. The van der Waals surface area contributed by atoms with Gasteiger partial charge in [-0.05, 0) is 118 Å². The van der Waals surface area contributed by atoms with Crippen molar-refractivity contribution < 1.29 is 24.2 Å². The highest BCUT2D eigenvalue weighted by atomic mass is 16.5. The molecule has 4 aliphatic rings. The van der Waals surface area contributed by atoms with E-state index >= 15 is 0 Å². The number of carbonyl (C=O) groups excluding carboxylic acids is 3. The zero-order valence-corrected chi connectivity index (χ0v) is 35.6. The van der Waals surface area contributed by atoms with Gasteiger partial charge in [-0.25, -0.2) is 0 Å². The molecule has 1 atom stereocenters. The van der Waals surface area contributed by atoms with E-state index in [0.717, 1.165) is 95.6 Å². The van der Waals surface area contributed by atoms with Crippen LogP contribution in [-0.2, 0) is 24.5 Å². The van der Waals surface area contributed by atoms with Gasteiger partial charge in [0.1, 0.15) is 5.75 Å². The van der Waals surface area contributed by atoms with Gasteiger partial charge >= 0.3 is 0 Å². The van der Waals surface area contributed by atoms with Crippen LogP contribution >= 0.6 is 0 Å². The molecule has 8 rings (SSSR count). The number of rotatable bonds is 14. The number of phenolic OH excluding ortho intramolecular Hbond substituents is 1. The highest BCUT2D eigenvalue weighted by Crippen LogP contribution is 2.39. The summed E-state index contributed by atoms with van der Waals surface area (Å²) >= 11 is 0. The largest absolute Gasteiger partial charge is 0.507 e. The van der Waals surface area contributed by atoms with Crippen LogP contribution in [0.25, 0.3) is 11.3 Å². The topological polar surface area (TPSA) is 131 Å². The Kier molecular flexibility index (Phi) is 13.6. The number of carbonyl (C=O) groups is 3. The average Bonchev–Trinajstić information content (AvgIpc) is 3.30. The van der Waals surface area contributed by atoms with Gasteiger partial charge in [0.25, 0.3) is 0 Å². The summed E-state index contributed by atoms with van der Waals surface area (Å²) < 4.78 is 5.57. The normalized spacial score (nSPS) is 20.4. The molecular weight excluding hydrogens is 767 g/mol. The lowest BCUT2D eigenvalue weighted by molar-refractivity contribution is -0.139. The number of amides is 3. The number of hydrogen-bond acceptors (Lipinski definition) is 10. The molecule has 61 heavy (non-hydrogen) atoms. The molecule has 4 aliphatic heterocycles. The maximum Gasteiger partial charge on any atom is 0.234 e. The Morgan fingerprint density at radius 3 is 2.26 bits per heavy atom. The standard InChI is InChI=1S/C49H61N7O5/c1-61-32-31-56(35-49(39-7-3-2-4-8-39)22-29-55(30-23-49)41-33-44(52-50-34-41)43-9-5-6-10-45(43)57)48(60)38-20-25-53(26-21-38)24-17-36-18-27-54(28-19-36)40-13-11-37(12-14-40)42-15-16-46(58)51-47(42)59/h2-14,33-34,36,38,42,57H,15-32,35H2,1H3,(H,51,58,59)/t42-/m1/s1. The van der Waals surface area contributed by atoms with Gasteiger partial charge in [-0.3, -0.25) is 19.7 Å². The number of para-hydroxylation sites is 1. The predicted molar refractivity (Wildman–Crippen MR) is 237 cm³/mol. The van der Waals surface area contributed by atoms with Crippen LogP contribution in [0.3, 0.4) is 0 Å². The number of aromatic hydroxyl groups is 1. The third-order valence-corrected chi connectivity index (χ3v) is 14.0. The van der Waals surface area contributed by atoms with Crippen molar-refractivity contribution in [2.24, 2.45) is 11.8 Å². The average molecular weight is 828 g/mol. The monoisotopic (exact) mass is 827 g/mol. The number of benzene rings is 3. The van der Waals surface area contributed by atoms with Gasteiger partial charge in [-0.2, -0.15) is 10.2 Å². The van der Waals surface area contributed by atoms with E-state index in [-0.39, 0.29) is 40.7 Å². The Hall–Kier alpha value is -5.33. The van der Waals surface area contributed by atoms with Crippen molar-refractivity contribution in [1.82, 2.24) is 25.3 Å². The highest BCUT2D eigenvalue weighted by molar-refractivity contribution is 6.01. The number of piperidine rings is 4. The molecule has 0 bridgehead atoms. The lowest BCUT2D eigenvalue weighted by Crippen LogP contribution is -2.53. The first-order valence-corrected chi connectivity index (χ1v) is 22.4. The molecule has 4 fully saturated rings. The summed E-state index contributed by atoms with van der Waals surface area (Å²) in [5.41, 5.74) is 5.54. The van der Waals surface area contributed by atoms with Crippen molar-refractivity contribution in [3.8, 4) is 17.0 Å². The summed E-state index contributed by atoms with van der Waals surface area (Å²) in [4.78, 5) is 47.9. The SMILES string of the molecule is COCCN(CC1(c2ccccc2)CCN(c2cnnc(-c3ccccc3O)c2)CC1)C(=O)C1CCN(CCC2CCN(c3ccc([C@H]4CCC(=O)NC4=O)cc3)CC2)CC1. The second kappa shape index (κ2) is 19.6. The van der Waals surface area contributed by atoms with Gasteiger partial charge in [0.15, 0.2) is 0 Å². The summed E-state index contributed by atoms with van der Waals surface area (Å²) in [7, 11) is 1.71. The van der Waals surface area contributed by atoms with E-state index in [9.17, 15) is 19.5 Å². The molecule has 5 heterocycles. The number of ether oxygens (including phenoxy) is 1. The molecule has 0 aliphatic carbocycles. The van der Waals surface area contributed by atoms with Crippen molar-refractivity contribution in [2.45, 2.75) is 69.1 Å². The highest BCUT2D eigenvalue weighted by Gasteiger charge is 2.40. The maximum absolute atomic E-state index is 14.5. The van der Waals surface area contributed by atoms with Crippen molar-refractivity contribution in [2.75, 3.05) is 82.4 Å². The summed E-state index contributed by atoms with van der Waals surface area (Å²) in [6.45, 7) is 8.40. The first kappa shape index (κ1) is 42.4. The molecule has 4 saturated heterocycles. The van der Waals surface area contributed by atoms with E-state index in [1.54, 1.807) is 25.4 Å². The number of likely N-dealkylation sites (tertiary alicyclic amines) is 1. The molecule has 3 aromatic carbocycles. The van der Waals surface area contributed by atoms with Crippen LogP contribution in [0.2, 0.25) is 0 Å². The molecule has 12 heteroatoms. The summed E-state index contributed by atoms with van der Waals surface area (Å²) in [5, 5.41) is 21.6. The summed E-state index contributed by atoms with van der Waals surface area (Å²) in [6, 6.07) is 28.3. The fourth-order valence-electron chi connectivity index (χ4n) is 10.1. The van der Waals surface area contributed by atoms with Gasteiger partial charge in [0.2, 0.25) is 17.7 Å². The molecule has 4 aromatic rings. The van der Waals surface area contributed by atoms with Gasteiger partial charge in [0, 0.05) is 75.4 Å². The van der Waals surface area contributed by atoms with E-state index in [2.05, 4.69) is 89.7 Å². The number of anilines is 2. The van der Waals surface area contributed by atoms with Crippen molar-refractivity contribution in [3.63, 3.8) is 0 Å². The number of methoxy groups -OCH3 is 1. The Morgan fingerprint density at radius 1 is 0.852 bits per heavy atom. The molecule has 0 spiro atoms. The number of hydrogen-bond donors (Lipinski definition) is 2. The van der Waals surface area contributed by atoms with Gasteiger partial charge in [-0.15, -0.1) is 0 Å². The predicted octanol–water partition coefficient (Wildman–Crippen LogP) is 6.40. The zero-order valence-electron chi connectivity index (χ0n) is 35.6. The Bertz CT molecular complexity index is 2090. The van der Waals surface area contributed by atoms with Crippen LogP contribution in [0, 0.1) is 11.8 Å². The van der Waals surface area contributed by atoms with E-state index in [0.29, 0.717) is 49.7 Å². The minimum absolute atomic E-state index is 0.0151. The fourth-order valence-corrected chi connectivity index (χ4v) is 10.1. The third-order valence-electron chi connectivity index (χ3n) is 14.0. The van der Waals surface area contributed by atoms with Crippen molar-refractivity contribution in [3.05, 3.63) is 102 Å². The Labute approximate surface area is 360 Å². The van der Waals surface area contributed by atoms with Gasteiger partial charge < -0.3 is 29.4 Å². The molecule has 0 unspecified atom stereocenters. The van der Waals surface area contributed by atoms with E-state index < -0.39 is 0 Å². The van der Waals surface area contributed by atoms with E-state index in [1.807, 2.05) is 18.2 Å². The number of phenols is 1. The van der Waals surface area contributed by atoms with E-state index in [1.165, 1.54) is 17.7 Å². The quantitative estimate of drug-likeness (QED) is 0.138. The van der Waals surface area contributed by atoms with Gasteiger partial charge in [-0.1, -0.05) is 54.6 Å². The lowest BCUT2D eigenvalue weighted by atomic mass is 9.72. The Morgan fingerprint density at radius 2 is 1.56 bits per heavy atom. The first-order chi connectivity index (χ1) is 29.8. The lowest BCUT2D eigenvalue weighted by Gasteiger charge is -2.46. The molecule has 2 N–H and O–H groups in total. The number of nitrogens with one attached hydrogen (secondary N) is 1. The van der Waals surface area contributed by atoms with Gasteiger partial charge in [0.05, 0.1) is 30.1 Å². The van der Waals surface area contributed by atoms with Crippen molar-refractivity contribution >= 4 is 29.1 Å². The summed E-state index contributed by atoms with van der Waals surface area (Å²) in [5.74, 6) is 0.539. The summed E-state index contributed by atoms with van der Waals surface area (Å²) in [6.07, 6.45) is 9.82. The number of aromatic nitrogens is 2. The van der Waals surface area contributed by atoms with E-state index in [4.69, 9.17) is 4.74 Å². The smallest absolute Gasteiger partial charge is 0.234 e. The second-order valence-corrected chi connectivity index (χ2v) is 17.6. The van der Waals surface area contributed by atoms with Crippen molar-refractivity contribution in [1.29, 1.82) is 0 Å². The number of nitrogens with zero attached hydrogens (tertiary/aromatic N) is 6. The fraction of sp³-hybridized carbons (Fsp3) is 0.490. The molecule has 12 nitrogen and oxygen atoms in total. The molecule has 0 saturated carbocycles. The van der Waals surface area contributed by atoms with Crippen LogP contribution < -0.4 is 15.1 Å². The molecule has 0 radical (unpaired) electrons.